The Morgan fingerprint density at radius 3 is 2.83 bits per heavy atom. The number of unbranched alkanes of at least 4 members (excludes halogenated alkanes) is 1. The molecule has 0 aromatic heterocycles. The van der Waals surface area contributed by atoms with Gasteiger partial charge >= 0.3 is 0 Å². The summed E-state index contributed by atoms with van der Waals surface area (Å²) in [5.41, 5.74) is 2.39. The second kappa shape index (κ2) is 9.18. The summed E-state index contributed by atoms with van der Waals surface area (Å²) >= 11 is 0. The molecule has 0 saturated carbocycles. The number of rotatable bonds is 7. The second-order valence-electron chi connectivity index (χ2n) is 5.94. The van der Waals surface area contributed by atoms with E-state index >= 15 is 0 Å². The molecule has 1 aliphatic heterocycles. The molecule has 1 aliphatic rings. The van der Waals surface area contributed by atoms with Crippen LogP contribution >= 0.6 is 0 Å². The van der Waals surface area contributed by atoms with Crippen LogP contribution in [0.4, 0.5) is 0 Å². The van der Waals surface area contributed by atoms with E-state index < -0.39 is 0 Å². The van der Waals surface area contributed by atoms with Crippen LogP contribution in [0.1, 0.15) is 43.7 Å². The van der Waals surface area contributed by atoms with Crippen LogP contribution in [-0.4, -0.2) is 36.9 Å². The van der Waals surface area contributed by atoms with Crippen LogP contribution in [-0.2, 0) is 17.9 Å². The lowest BCUT2D eigenvalue weighted by Crippen LogP contribution is -2.37. The number of nitrogens with one attached hydrogen (secondary N) is 2. The molecule has 126 valence electrons. The molecule has 2 N–H and O–H groups in total. The van der Waals surface area contributed by atoms with E-state index in [9.17, 15) is 4.79 Å². The molecule has 0 spiro atoms. The van der Waals surface area contributed by atoms with Crippen molar-refractivity contribution in [3.8, 4) is 0 Å². The van der Waals surface area contributed by atoms with Gasteiger partial charge in [0, 0.05) is 39.6 Å². The standard InChI is InChI=1S/C18H28N4O/c1-3-4-10-20-18(19-2)21-13-15-7-5-8-16(12-15)14-22-11-6-9-17(22)23/h5,7-8,12H,3-4,6,9-11,13-14H2,1-2H3,(H2,19,20,21). The highest BCUT2D eigenvalue weighted by molar-refractivity contribution is 5.79. The van der Waals surface area contributed by atoms with E-state index in [0.29, 0.717) is 6.42 Å². The summed E-state index contributed by atoms with van der Waals surface area (Å²) < 4.78 is 0. The van der Waals surface area contributed by atoms with E-state index in [1.165, 1.54) is 17.5 Å². The zero-order valence-electron chi connectivity index (χ0n) is 14.3. The smallest absolute Gasteiger partial charge is 0.222 e. The van der Waals surface area contributed by atoms with Gasteiger partial charge in [-0.3, -0.25) is 9.79 Å². The minimum atomic E-state index is 0.272. The average Bonchev–Trinajstić information content (AvgIpc) is 2.96. The Hall–Kier alpha value is -2.04. The van der Waals surface area contributed by atoms with Gasteiger partial charge in [0.1, 0.15) is 0 Å². The Morgan fingerprint density at radius 1 is 1.30 bits per heavy atom. The minimum absolute atomic E-state index is 0.272. The number of hydrogen-bond donors (Lipinski definition) is 2. The molecular weight excluding hydrogens is 288 g/mol. The minimum Gasteiger partial charge on any atom is -0.356 e. The topological polar surface area (TPSA) is 56.7 Å². The Kier molecular flexibility index (Phi) is 6.91. The largest absolute Gasteiger partial charge is 0.356 e. The van der Waals surface area contributed by atoms with Crippen molar-refractivity contribution in [1.82, 2.24) is 15.5 Å². The molecule has 1 aromatic rings. The van der Waals surface area contributed by atoms with Crippen LogP contribution in [0, 0.1) is 0 Å². The molecule has 1 fully saturated rings. The summed E-state index contributed by atoms with van der Waals surface area (Å²) in [5, 5.41) is 6.64. The summed E-state index contributed by atoms with van der Waals surface area (Å²) in [6, 6.07) is 8.41. The summed E-state index contributed by atoms with van der Waals surface area (Å²) in [6.45, 7) is 5.45. The number of aliphatic imine (C=N–C) groups is 1. The number of amides is 1. The lowest BCUT2D eigenvalue weighted by molar-refractivity contribution is -0.128. The maximum atomic E-state index is 11.7. The number of carbonyl (C=O) groups excluding carboxylic acids is 1. The zero-order valence-corrected chi connectivity index (χ0v) is 14.3. The second-order valence-corrected chi connectivity index (χ2v) is 5.94. The predicted octanol–water partition coefficient (Wildman–Crippen LogP) is 2.27. The van der Waals surface area contributed by atoms with Gasteiger partial charge in [-0.15, -0.1) is 0 Å². The number of likely N-dealkylation sites (tertiary alicyclic amines) is 1. The van der Waals surface area contributed by atoms with Crippen molar-refractivity contribution in [2.75, 3.05) is 20.1 Å². The monoisotopic (exact) mass is 316 g/mol. The molecule has 1 saturated heterocycles. The van der Waals surface area contributed by atoms with E-state index in [4.69, 9.17) is 0 Å². The number of nitrogens with zero attached hydrogens (tertiary/aromatic N) is 2. The highest BCUT2D eigenvalue weighted by Crippen LogP contribution is 2.15. The molecule has 0 unspecified atom stereocenters. The maximum absolute atomic E-state index is 11.7. The normalized spacial score (nSPS) is 15.1. The molecule has 0 atom stereocenters. The van der Waals surface area contributed by atoms with Crippen LogP contribution in [0.2, 0.25) is 0 Å². The summed E-state index contributed by atoms with van der Waals surface area (Å²) in [7, 11) is 1.79. The Balaban J connectivity index is 1.85. The van der Waals surface area contributed by atoms with E-state index in [2.05, 4.69) is 46.8 Å². The van der Waals surface area contributed by atoms with E-state index in [0.717, 1.165) is 45.0 Å². The Bertz CT molecular complexity index is 542. The highest BCUT2D eigenvalue weighted by atomic mass is 16.2. The van der Waals surface area contributed by atoms with Gasteiger partial charge in [0.05, 0.1) is 0 Å². The summed E-state index contributed by atoms with van der Waals surface area (Å²) in [5.74, 6) is 1.10. The molecule has 1 heterocycles. The molecule has 2 rings (SSSR count). The lowest BCUT2D eigenvalue weighted by atomic mass is 10.1. The number of guanidine groups is 1. The van der Waals surface area contributed by atoms with Gasteiger partial charge in [-0.2, -0.15) is 0 Å². The van der Waals surface area contributed by atoms with E-state index in [-0.39, 0.29) is 5.91 Å². The molecule has 0 aliphatic carbocycles. The first-order valence-corrected chi connectivity index (χ1v) is 8.53. The van der Waals surface area contributed by atoms with Crippen molar-refractivity contribution in [2.24, 2.45) is 4.99 Å². The molecule has 5 heteroatoms. The number of hydrogen-bond acceptors (Lipinski definition) is 2. The van der Waals surface area contributed by atoms with Gasteiger partial charge in [-0.1, -0.05) is 37.6 Å². The quantitative estimate of drug-likeness (QED) is 0.461. The van der Waals surface area contributed by atoms with Gasteiger partial charge in [-0.25, -0.2) is 0 Å². The molecule has 0 bridgehead atoms. The van der Waals surface area contributed by atoms with Gasteiger partial charge in [-0.05, 0) is 24.0 Å². The van der Waals surface area contributed by atoms with Crippen molar-refractivity contribution in [2.45, 2.75) is 45.7 Å². The van der Waals surface area contributed by atoms with Gasteiger partial charge in [0.2, 0.25) is 5.91 Å². The van der Waals surface area contributed by atoms with E-state index in [1.807, 2.05) is 4.90 Å². The molecule has 23 heavy (non-hydrogen) atoms. The Labute approximate surface area is 139 Å². The van der Waals surface area contributed by atoms with Crippen molar-refractivity contribution in [3.05, 3.63) is 35.4 Å². The maximum Gasteiger partial charge on any atom is 0.222 e. The third kappa shape index (κ3) is 5.58. The van der Waals surface area contributed by atoms with Gasteiger partial charge < -0.3 is 15.5 Å². The van der Waals surface area contributed by atoms with E-state index in [1.54, 1.807) is 7.05 Å². The van der Waals surface area contributed by atoms with Crippen LogP contribution in [0.25, 0.3) is 0 Å². The van der Waals surface area contributed by atoms with Crippen LogP contribution < -0.4 is 10.6 Å². The third-order valence-electron chi connectivity index (χ3n) is 4.04. The first-order valence-electron chi connectivity index (χ1n) is 8.53. The first kappa shape index (κ1) is 17.3. The molecular formula is C18H28N4O. The van der Waals surface area contributed by atoms with Gasteiger partial charge in [0.25, 0.3) is 0 Å². The van der Waals surface area contributed by atoms with Crippen molar-refractivity contribution in [3.63, 3.8) is 0 Å². The SMILES string of the molecule is CCCCNC(=NC)NCc1cccc(CN2CCCC2=O)c1. The Morgan fingerprint density at radius 2 is 2.13 bits per heavy atom. The van der Waals surface area contributed by atoms with Gasteiger partial charge in [0.15, 0.2) is 5.96 Å². The van der Waals surface area contributed by atoms with Crippen LogP contribution in [0.3, 0.4) is 0 Å². The average molecular weight is 316 g/mol. The fourth-order valence-corrected chi connectivity index (χ4v) is 2.72. The molecule has 0 radical (unpaired) electrons. The first-order chi connectivity index (χ1) is 11.2. The zero-order chi connectivity index (χ0) is 16.5. The van der Waals surface area contributed by atoms with Crippen LogP contribution in [0.15, 0.2) is 29.3 Å². The number of benzene rings is 1. The summed E-state index contributed by atoms with van der Waals surface area (Å²) in [6.07, 6.45) is 3.99. The third-order valence-corrected chi connectivity index (χ3v) is 4.04. The number of carbonyl (C=O) groups is 1. The molecule has 1 aromatic carbocycles. The predicted molar refractivity (Wildman–Crippen MR) is 94.2 cm³/mol. The fourth-order valence-electron chi connectivity index (χ4n) is 2.72. The molecule has 1 amide bonds. The van der Waals surface area contributed by atoms with Crippen molar-refractivity contribution < 1.29 is 4.79 Å². The van der Waals surface area contributed by atoms with Crippen molar-refractivity contribution >= 4 is 11.9 Å². The lowest BCUT2D eigenvalue weighted by Gasteiger charge is -2.16. The van der Waals surface area contributed by atoms with Crippen LogP contribution in [0.5, 0.6) is 0 Å². The van der Waals surface area contributed by atoms with Crippen molar-refractivity contribution in [1.29, 1.82) is 0 Å². The molecule has 5 nitrogen and oxygen atoms in total. The fraction of sp³-hybridized carbons (Fsp3) is 0.556. The highest BCUT2D eigenvalue weighted by Gasteiger charge is 2.19. The summed E-state index contributed by atoms with van der Waals surface area (Å²) in [4.78, 5) is 17.9.